The highest BCUT2D eigenvalue weighted by Gasteiger charge is 1.96. The lowest BCUT2D eigenvalue weighted by Gasteiger charge is -2.03. The fraction of sp³-hybridized carbons (Fsp3) is 0.400. The monoisotopic (exact) mass is 263 g/mol. The van der Waals surface area contributed by atoms with Gasteiger partial charge in [-0.3, -0.25) is 4.98 Å². The maximum atomic E-state index is 10.4. The highest BCUT2D eigenvalue weighted by atomic mass is 35.5. The van der Waals surface area contributed by atoms with E-state index in [1.807, 2.05) is 6.92 Å². The highest BCUT2D eigenvalue weighted by molar-refractivity contribution is 6.33. The van der Waals surface area contributed by atoms with Crippen molar-refractivity contribution in [1.82, 2.24) is 8.92 Å². The summed E-state index contributed by atoms with van der Waals surface area (Å²) in [5.41, 5.74) is 1.01. The number of halogens is 2. The molecule has 0 aromatic carbocycles. The van der Waals surface area contributed by atoms with Crippen molar-refractivity contribution < 1.29 is 9.90 Å². The molecule has 0 spiro atoms. The van der Waals surface area contributed by atoms with Crippen molar-refractivity contribution in [1.29, 1.82) is 0 Å². The van der Waals surface area contributed by atoms with Crippen molar-refractivity contribution in [3.05, 3.63) is 29.6 Å². The SMILES string of the molecule is CCCc1cc(C(=O)[O-])ccn1.CN(Cl)Cl. The zero-order valence-electron chi connectivity index (χ0n) is 9.11. The summed E-state index contributed by atoms with van der Waals surface area (Å²) in [4.78, 5) is 14.4. The number of carboxylic acids is 1. The third kappa shape index (κ3) is 7.45. The summed E-state index contributed by atoms with van der Waals surface area (Å²) in [5, 5.41) is 10.4. The number of carboxylic acid groups (broad SMARTS) is 1. The quantitative estimate of drug-likeness (QED) is 0.778. The second-order valence-electron chi connectivity index (χ2n) is 2.98. The average Bonchev–Trinajstić information content (AvgIpc) is 2.17. The van der Waals surface area contributed by atoms with Crippen molar-refractivity contribution in [3.63, 3.8) is 0 Å². The lowest BCUT2D eigenvalue weighted by Crippen LogP contribution is -2.22. The van der Waals surface area contributed by atoms with Gasteiger partial charge < -0.3 is 9.90 Å². The Morgan fingerprint density at radius 2 is 2.12 bits per heavy atom. The Hall–Kier alpha value is -0.840. The first kappa shape index (κ1) is 15.2. The molecular weight excluding hydrogens is 251 g/mol. The molecule has 1 aromatic heterocycles. The number of aromatic nitrogens is 1. The van der Waals surface area contributed by atoms with Gasteiger partial charge in [0.2, 0.25) is 0 Å². The summed E-state index contributed by atoms with van der Waals surface area (Å²) in [6.07, 6.45) is 3.26. The van der Waals surface area contributed by atoms with Crippen molar-refractivity contribution in [2.45, 2.75) is 19.8 Å². The predicted octanol–water partition coefficient (Wildman–Crippen LogP) is 1.62. The third-order valence-corrected chi connectivity index (χ3v) is 1.56. The van der Waals surface area contributed by atoms with Crippen LogP contribution in [0.3, 0.4) is 0 Å². The maximum Gasteiger partial charge on any atom is 0.0716 e. The molecule has 0 N–H and O–H groups in total. The lowest BCUT2D eigenvalue weighted by atomic mass is 10.2. The molecule has 0 aliphatic heterocycles. The van der Waals surface area contributed by atoms with Crippen LogP contribution in [0.1, 0.15) is 29.4 Å². The highest BCUT2D eigenvalue weighted by Crippen LogP contribution is 2.02. The summed E-state index contributed by atoms with van der Waals surface area (Å²) >= 11 is 9.75. The molecule has 90 valence electrons. The van der Waals surface area contributed by atoms with Crippen molar-refractivity contribution >= 4 is 29.5 Å². The van der Waals surface area contributed by atoms with E-state index >= 15 is 0 Å². The van der Waals surface area contributed by atoms with Crippen LogP contribution < -0.4 is 5.11 Å². The van der Waals surface area contributed by atoms with Crippen LogP contribution in [0.15, 0.2) is 18.3 Å². The molecule has 0 saturated heterocycles. The number of carbonyl (C=O) groups excluding carboxylic acids is 1. The molecule has 16 heavy (non-hydrogen) atoms. The number of rotatable bonds is 3. The van der Waals surface area contributed by atoms with Crippen LogP contribution in [0.25, 0.3) is 0 Å². The van der Waals surface area contributed by atoms with Gasteiger partial charge in [0.1, 0.15) is 0 Å². The molecule has 0 aliphatic carbocycles. The number of hydrogen-bond donors (Lipinski definition) is 0. The first-order valence-corrected chi connectivity index (χ1v) is 5.36. The van der Waals surface area contributed by atoms with Gasteiger partial charge >= 0.3 is 0 Å². The Balaban J connectivity index is 0.000000487. The van der Waals surface area contributed by atoms with Crippen LogP contribution in [0.5, 0.6) is 0 Å². The largest absolute Gasteiger partial charge is 0.545 e. The fourth-order valence-corrected chi connectivity index (χ4v) is 0.998. The van der Waals surface area contributed by atoms with Crippen LogP contribution in [-0.4, -0.2) is 21.9 Å². The number of aromatic carboxylic acids is 1. The van der Waals surface area contributed by atoms with E-state index in [2.05, 4.69) is 4.98 Å². The molecule has 1 aromatic rings. The fourth-order valence-electron chi connectivity index (χ4n) is 0.998. The van der Waals surface area contributed by atoms with E-state index in [1.165, 1.54) is 19.3 Å². The first-order valence-electron chi connectivity index (χ1n) is 4.69. The molecular formula is C10H13Cl2N2O2-. The molecule has 0 amide bonds. The second-order valence-corrected chi connectivity index (χ2v) is 4.16. The Morgan fingerprint density at radius 1 is 1.56 bits per heavy atom. The van der Waals surface area contributed by atoms with E-state index in [-0.39, 0.29) is 5.56 Å². The minimum Gasteiger partial charge on any atom is -0.545 e. The van der Waals surface area contributed by atoms with E-state index < -0.39 is 5.97 Å². The zero-order valence-corrected chi connectivity index (χ0v) is 10.6. The number of nitrogens with zero attached hydrogens (tertiary/aromatic N) is 2. The molecule has 1 heterocycles. The normalized spacial score (nSPS) is 9.56. The molecule has 0 saturated carbocycles. The molecule has 4 nitrogen and oxygen atoms in total. The molecule has 0 aliphatic rings. The summed E-state index contributed by atoms with van der Waals surface area (Å²) in [7, 11) is 1.53. The minimum absolute atomic E-state index is 0.202. The summed E-state index contributed by atoms with van der Waals surface area (Å²) < 4.78 is 0.944. The third-order valence-electron chi connectivity index (χ3n) is 1.56. The van der Waals surface area contributed by atoms with Gasteiger partial charge in [-0.2, -0.15) is 0 Å². The van der Waals surface area contributed by atoms with Gasteiger partial charge in [0.25, 0.3) is 0 Å². The maximum absolute atomic E-state index is 10.4. The zero-order chi connectivity index (χ0) is 12.6. The van der Waals surface area contributed by atoms with Crippen LogP contribution in [0.4, 0.5) is 0 Å². The van der Waals surface area contributed by atoms with E-state index in [4.69, 9.17) is 23.6 Å². The van der Waals surface area contributed by atoms with Gasteiger partial charge in [-0.25, -0.2) is 0 Å². The van der Waals surface area contributed by atoms with Crippen molar-refractivity contribution in [2.24, 2.45) is 0 Å². The molecule has 1 rings (SSSR count). The standard InChI is InChI=1S/C9H11NO2.CH3Cl2N/c1-2-3-8-6-7(9(11)12)4-5-10-8;1-4(2)3/h4-6H,2-3H2,1H3,(H,11,12);1H3/p-1. The van der Waals surface area contributed by atoms with E-state index in [1.54, 1.807) is 6.07 Å². The molecule has 0 bridgehead atoms. The Labute approximate surface area is 105 Å². The van der Waals surface area contributed by atoms with Gasteiger partial charge in [0, 0.05) is 24.5 Å². The Bertz CT molecular complexity index is 330. The predicted molar refractivity (Wildman–Crippen MR) is 62.0 cm³/mol. The minimum atomic E-state index is -1.14. The van der Waals surface area contributed by atoms with E-state index in [0.29, 0.717) is 0 Å². The summed E-state index contributed by atoms with van der Waals surface area (Å²) in [5.74, 6) is -1.14. The van der Waals surface area contributed by atoms with Crippen LogP contribution in [0, 0.1) is 0 Å². The Morgan fingerprint density at radius 3 is 2.56 bits per heavy atom. The van der Waals surface area contributed by atoms with Gasteiger partial charge in [0.15, 0.2) is 0 Å². The molecule has 0 radical (unpaired) electrons. The van der Waals surface area contributed by atoms with Crippen molar-refractivity contribution in [2.75, 3.05) is 7.05 Å². The van der Waals surface area contributed by atoms with Gasteiger partial charge in [0.05, 0.1) is 5.97 Å². The summed E-state index contributed by atoms with van der Waals surface area (Å²) in [6.45, 7) is 2.02. The molecule has 0 atom stereocenters. The van der Waals surface area contributed by atoms with Crippen LogP contribution >= 0.6 is 23.6 Å². The van der Waals surface area contributed by atoms with E-state index in [0.717, 1.165) is 22.5 Å². The lowest BCUT2D eigenvalue weighted by molar-refractivity contribution is -0.255. The van der Waals surface area contributed by atoms with Crippen LogP contribution in [0.2, 0.25) is 0 Å². The van der Waals surface area contributed by atoms with Gasteiger partial charge in [-0.15, -0.1) is 3.94 Å². The Kier molecular flexibility index (Phi) is 7.89. The number of aryl methyl sites for hydroxylation is 1. The van der Waals surface area contributed by atoms with Gasteiger partial charge in [-0.1, -0.05) is 13.3 Å². The van der Waals surface area contributed by atoms with Crippen LogP contribution in [-0.2, 0) is 6.42 Å². The number of carbonyl (C=O) groups is 1. The van der Waals surface area contributed by atoms with E-state index in [9.17, 15) is 9.90 Å². The molecule has 0 fully saturated rings. The topological polar surface area (TPSA) is 56.3 Å². The molecule has 0 unspecified atom stereocenters. The van der Waals surface area contributed by atoms with Gasteiger partial charge in [-0.05, 0) is 42.1 Å². The second kappa shape index (κ2) is 8.33. The van der Waals surface area contributed by atoms with Crippen molar-refractivity contribution in [3.8, 4) is 0 Å². The summed E-state index contributed by atoms with van der Waals surface area (Å²) in [6, 6.07) is 2.99. The average molecular weight is 264 g/mol. The number of hydrogen-bond acceptors (Lipinski definition) is 4. The first-order chi connectivity index (χ1) is 7.47. The number of pyridine rings is 1. The molecule has 6 heteroatoms. The smallest absolute Gasteiger partial charge is 0.0716 e.